The van der Waals surface area contributed by atoms with E-state index in [-0.39, 0.29) is 17.7 Å². The molecule has 1 fully saturated rings. The molecule has 0 radical (unpaired) electrons. The van der Waals surface area contributed by atoms with Crippen molar-refractivity contribution in [3.63, 3.8) is 0 Å². The highest BCUT2D eigenvalue weighted by molar-refractivity contribution is 7.12. The van der Waals surface area contributed by atoms with E-state index in [0.29, 0.717) is 23.4 Å². The van der Waals surface area contributed by atoms with Gasteiger partial charge in [0.1, 0.15) is 6.04 Å². The summed E-state index contributed by atoms with van der Waals surface area (Å²) in [6, 6.07) is 11.6. The number of hydrogen-bond acceptors (Lipinski definition) is 4. The number of carbonyl (C=O) groups excluding carboxylic acids is 3. The van der Waals surface area contributed by atoms with Crippen LogP contribution in [0.5, 0.6) is 0 Å². The van der Waals surface area contributed by atoms with E-state index in [2.05, 4.69) is 10.9 Å². The summed E-state index contributed by atoms with van der Waals surface area (Å²) in [6.45, 7) is 0.543. The van der Waals surface area contributed by atoms with E-state index < -0.39 is 6.04 Å². The average molecular weight is 357 g/mol. The number of benzene rings is 1. The number of hydrogen-bond donors (Lipinski definition) is 2. The number of thiophene rings is 1. The fraction of sp³-hybridized carbons (Fsp3) is 0.278. The van der Waals surface area contributed by atoms with Crippen LogP contribution in [0.1, 0.15) is 39.3 Å². The van der Waals surface area contributed by atoms with Crippen LogP contribution in [0.2, 0.25) is 0 Å². The first-order chi connectivity index (χ1) is 12.2. The van der Waals surface area contributed by atoms with Gasteiger partial charge in [0, 0.05) is 12.1 Å². The third-order valence-electron chi connectivity index (χ3n) is 4.13. The van der Waals surface area contributed by atoms with Crippen molar-refractivity contribution in [3.8, 4) is 0 Å². The molecule has 0 bridgehead atoms. The van der Waals surface area contributed by atoms with Gasteiger partial charge in [-0.05, 0) is 42.8 Å². The minimum Gasteiger partial charge on any atom is -0.326 e. The average Bonchev–Trinajstić information content (AvgIpc) is 3.20. The second-order valence-electron chi connectivity index (χ2n) is 5.80. The summed E-state index contributed by atoms with van der Waals surface area (Å²) in [6.07, 6.45) is 2.33. The van der Waals surface area contributed by atoms with E-state index in [9.17, 15) is 14.4 Å². The van der Waals surface area contributed by atoms with Crippen LogP contribution >= 0.6 is 11.3 Å². The van der Waals surface area contributed by atoms with E-state index in [0.717, 1.165) is 12.8 Å². The number of nitrogens with one attached hydrogen (secondary N) is 2. The summed E-state index contributed by atoms with van der Waals surface area (Å²) in [5, 5.41) is 1.84. The molecule has 1 atom stereocenters. The second kappa shape index (κ2) is 7.94. The standard InChI is InChI=1S/C18H19N3O3S/c22-16(13-7-2-1-3-8-13)19-20-17(23)14-9-4-5-11-21(14)18(24)15-10-6-12-25-15/h1-3,6-8,10,12,14H,4-5,9,11H2,(H,19,22)(H,20,23). The number of carbonyl (C=O) groups is 3. The lowest BCUT2D eigenvalue weighted by molar-refractivity contribution is -0.127. The van der Waals surface area contributed by atoms with Gasteiger partial charge in [-0.15, -0.1) is 11.3 Å². The molecule has 0 saturated carbocycles. The summed E-state index contributed by atoms with van der Waals surface area (Å²) in [7, 11) is 0. The van der Waals surface area contributed by atoms with Gasteiger partial charge in [0.05, 0.1) is 4.88 Å². The van der Waals surface area contributed by atoms with Crippen LogP contribution in [0, 0.1) is 0 Å². The third kappa shape index (κ3) is 4.06. The van der Waals surface area contributed by atoms with E-state index in [1.54, 1.807) is 35.2 Å². The molecule has 1 aromatic heterocycles. The monoisotopic (exact) mass is 357 g/mol. The maximum Gasteiger partial charge on any atom is 0.269 e. The highest BCUT2D eigenvalue weighted by Crippen LogP contribution is 2.21. The predicted octanol–water partition coefficient (Wildman–Crippen LogP) is 2.20. The quantitative estimate of drug-likeness (QED) is 0.827. The molecule has 0 spiro atoms. The molecule has 1 unspecified atom stereocenters. The first-order valence-electron chi connectivity index (χ1n) is 8.16. The molecule has 1 aliphatic rings. The summed E-state index contributed by atoms with van der Waals surface area (Å²) < 4.78 is 0. The van der Waals surface area contributed by atoms with Crippen molar-refractivity contribution in [3.05, 3.63) is 58.3 Å². The molecule has 130 valence electrons. The lowest BCUT2D eigenvalue weighted by Crippen LogP contribution is -2.55. The van der Waals surface area contributed by atoms with Gasteiger partial charge in [-0.2, -0.15) is 0 Å². The lowest BCUT2D eigenvalue weighted by Gasteiger charge is -2.34. The van der Waals surface area contributed by atoms with Crippen molar-refractivity contribution < 1.29 is 14.4 Å². The Bertz CT molecular complexity index is 746. The van der Waals surface area contributed by atoms with E-state index in [1.165, 1.54) is 11.3 Å². The maximum absolute atomic E-state index is 12.6. The van der Waals surface area contributed by atoms with Crippen LogP contribution in [-0.2, 0) is 4.79 Å². The van der Waals surface area contributed by atoms with Gasteiger partial charge < -0.3 is 4.90 Å². The molecule has 3 rings (SSSR count). The molecule has 2 heterocycles. The Morgan fingerprint density at radius 1 is 1.00 bits per heavy atom. The Hall–Kier alpha value is -2.67. The molecule has 25 heavy (non-hydrogen) atoms. The number of hydrazine groups is 1. The van der Waals surface area contributed by atoms with E-state index >= 15 is 0 Å². The molecule has 1 aliphatic heterocycles. The zero-order valence-electron chi connectivity index (χ0n) is 13.6. The molecule has 6 nitrogen and oxygen atoms in total. The number of likely N-dealkylation sites (tertiary alicyclic amines) is 1. The normalized spacial score (nSPS) is 17.0. The van der Waals surface area contributed by atoms with Gasteiger partial charge in [0.15, 0.2) is 0 Å². The van der Waals surface area contributed by atoms with Gasteiger partial charge in [-0.3, -0.25) is 25.2 Å². The van der Waals surface area contributed by atoms with Crippen LogP contribution in [0.3, 0.4) is 0 Å². The Morgan fingerprint density at radius 2 is 1.80 bits per heavy atom. The van der Waals surface area contributed by atoms with Crippen molar-refractivity contribution in [2.45, 2.75) is 25.3 Å². The highest BCUT2D eigenvalue weighted by Gasteiger charge is 2.33. The lowest BCUT2D eigenvalue weighted by atomic mass is 10.0. The van der Waals surface area contributed by atoms with Crippen molar-refractivity contribution in [1.29, 1.82) is 0 Å². The fourth-order valence-corrected chi connectivity index (χ4v) is 3.53. The third-order valence-corrected chi connectivity index (χ3v) is 4.99. The van der Waals surface area contributed by atoms with Crippen molar-refractivity contribution in [2.75, 3.05) is 6.54 Å². The minimum atomic E-state index is -0.570. The number of piperidine rings is 1. The molecule has 0 aliphatic carbocycles. The molecule has 7 heteroatoms. The Kier molecular flexibility index (Phi) is 5.45. The van der Waals surface area contributed by atoms with Gasteiger partial charge in [0.2, 0.25) is 0 Å². The fourth-order valence-electron chi connectivity index (χ4n) is 2.85. The molecule has 2 aromatic rings. The SMILES string of the molecule is O=C(NNC(=O)C1CCCCN1C(=O)c1cccs1)c1ccccc1. The van der Waals surface area contributed by atoms with Gasteiger partial charge in [-0.1, -0.05) is 24.3 Å². The molecular formula is C18H19N3O3S. The smallest absolute Gasteiger partial charge is 0.269 e. The Labute approximate surface area is 149 Å². The van der Waals surface area contributed by atoms with Crippen molar-refractivity contribution >= 4 is 29.1 Å². The van der Waals surface area contributed by atoms with Crippen LogP contribution in [0.15, 0.2) is 47.8 Å². The van der Waals surface area contributed by atoms with E-state index in [4.69, 9.17) is 0 Å². The molecular weight excluding hydrogens is 338 g/mol. The summed E-state index contributed by atoms with van der Waals surface area (Å²) >= 11 is 1.36. The minimum absolute atomic E-state index is 0.135. The zero-order valence-corrected chi connectivity index (χ0v) is 14.4. The van der Waals surface area contributed by atoms with Crippen LogP contribution in [0.25, 0.3) is 0 Å². The second-order valence-corrected chi connectivity index (χ2v) is 6.74. The Morgan fingerprint density at radius 3 is 2.52 bits per heavy atom. The maximum atomic E-state index is 12.6. The molecule has 1 saturated heterocycles. The molecule has 2 N–H and O–H groups in total. The van der Waals surface area contributed by atoms with Crippen LogP contribution in [0.4, 0.5) is 0 Å². The van der Waals surface area contributed by atoms with Crippen molar-refractivity contribution in [1.82, 2.24) is 15.8 Å². The number of nitrogens with zero attached hydrogens (tertiary/aromatic N) is 1. The molecule has 1 aromatic carbocycles. The van der Waals surface area contributed by atoms with Crippen LogP contribution < -0.4 is 10.9 Å². The summed E-state index contributed by atoms with van der Waals surface area (Å²) in [5.41, 5.74) is 5.32. The summed E-state index contributed by atoms with van der Waals surface area (Å²) in [5.74, 6) is -0.890. The topological polar surface area (TPSA) is 78.5 Å². The van der Waals surface area contributed by atoms with Gasteiger partial charge in [-0.25, -0.2) is 0 Å². The summed E-state index contributed by atoms with van der Waals surface area (Å²) in [4.78, 5) is 39.4. The first kappa shape index (κ1) is 17.2. The Balaban J connectivity index is 1.63. The van der Waals surface area contributed by atoms with Gasteiger partial charge >= 0.3 is 0 Å². The largest absolute Gasteiger partial charge is 0.326 e. The van der Waals surface area contributed by atoms with Gasteiger partial charge in [0.25, 0.3) is 17.7 Å². The van der Waals surface area contributed by atoms with Crippen LogP contribution in [-0.4, -0.2) is 35.2 Å². The molecule has 3 amide bonds. The van der Waals surface area contributed by atoms with Crippen molar-refractivity contribution in [2.24, 2.45) is 0 Å². The number of rotatable bonds is 3. The first-order valence-corrected chi connectivity index (χ1v) is 9.04. The zero-order chi connectivity index (χ0) is 17.6. The highest BCUT2D eigenvalue weighted by atomic mass is 32.1. The predicted molar refractivity (Wildman–Crippen MR) is 95.0 cm³/mol. The number of amides is 3. The van der Waals surface area contributed by atoms with E-state index in [1.807, 2.05) is 17.5 Å².